The summed E-state index contributed by atoms with van der Waals surface area (Å²) in [6.45, 7) is 2.75. The van der Waals surface area contributed by atoms with Gasteiger partial charge in [0.2, 0.25) is 5.91 Å². The molecule has 2 aromatic carbocycles. The van der Waals surface area contributed by atoms with Gasteiger partial charge in [0, 0.05) is 17.5 Å². The first-order valence-electron chi connectivity index (χ1n) is 7.61. The molecule has 24 heavy (non-hydrogen) atoms. The Morgan fingerprint density at radius 1 is 1.25 bits per heavy atom. The summed E-state index contributed by atoms with van der Waals surface area (Å²) >= 11 is 0. The molecule has 0 radical (unpaired) electrons. The third-order valence-electron chi connectivity index (χ3n) is 4.14. The van der Waals surface area contributed by atoms with E-state index in [2.05, 4.69) is 10.6 Å². The molecular weight excluding hydrogens is 302 g/mol. The Labute approximate surface area is 139 Å². The molecule has 1 amide bonds. The molecule has 0 saturated heterocycles. The number of aromatic nitrogens is 1. The normalized spacial score (nSPS) is 10.5. The molecular formula is C19H17N3O2. The summed E-state index contributed by atoms with van der Waals surface area (Å²) in [7, 11) is 1.60. The monoisotopic (exact) mass is 319 g/mol. The number of nitriles is 1. The fourth-order valence-electron chi connectivity index (χ4n) is 2.99. The molecule has 5 heteroatoms. The summed E-state index contributed by atoms with van der Waals surface area (Å²) in [6.07, 6.45) is 0. The zero-order chi connectivity index (χ0) is 17.3. The van der Waals surface area contributed by atoms with Crippen LogP contribution in [0.4, 0.5) is 0 Å². The SMILES string of the molecule is CCn1c(-c2ccc(C(N)=O)cc2)c(C#N)c2cc(OC)ccc21. The average molecular weight is 319 g/mol. The lowest BCUT2D eigenvalue weighted by molar-refractivity contribution is 0.100. The molecule has 0 bridgehead atoms. The fraction of sp³-hybridized carbons (Fsp3) is 0.158. The zero-order valence-electron chi connectivity index (χ0n) is 13.5. The van der Waals surface area contributed by atoms with Crippen LogP contribution in [-0.2, 0) is 6.54 Å². The number of rotatable bonds is 4. The van der Waals surface area contributed by atoms with Gasteiger partial charge in [-0.2, -0.15) is 5.26 Å². The van der Waals surface area contributed by atoms with Crippen LogP contribution in [0.25, 0.3) is 22.2 Å². The number of hydrogen-bond acceptors (Lipinski definition) is 3. The van der Waals surface area contributed by atoms with Gasteiger partial charge in [-0.15, -0.1) is 0 Å². The van der Waals surface area contributed by atoms with Gasteiger partial charge in [0.15, 0.2) is 0 Å². The van der Waals surface area contributed by atoms with Crippen molar-refractivity contribution < 1.29 is 9.53 Å². The summed E-state index contributed by atoms with van der Waals surface area (Å²) in [5, 5.41) is 10.6. The fourth-order valence-corrected chi connectivity index (χ4v) is 2.99. The molecule has 1 aromatic heterocycles. The molecule has 0 aliphatic carbocycles. The number of benzene rings is 2. The van der Waals surface area contributed by atoms with Gasteiger partial charge in [-0.05, 0) is 42.8 Å². The third-order valence-corrected chi connectivity index (χ3v) is 4.14. The van der Waals surface area contributed by atoms with Gasteiger partial charge in [0.1, 0.15) is 11.8 Å². The van der Waals surface area contributed by atoms with E-state index in [9.17, 15) is 10.1 Å². The second kappa shape index (κ2) is 6.09. The highest BCUT2D eigenvalue weighted by Gasteiger charge is 2.18. The molecule has 0 saturated carbocycles. The van der Waals surface area contributed by atoms with E-state index in [0.717, 1.165) is 28.7 Å². The number of amides is 1. The number of methoxy groups -OCH3 is 1. The summed E-state index contributed by atoms with van der Waals surface area (Å²) in [4.78, 5) is 11.3. The molecule has 0 spiro atoms. The highest BCUT2D eigenvalue weighted by atomic mass is 16.5. The maximum atomic E-state index is 11.3. The van der Waals surface area contributed by atoms with Crippen LogP contribution in [0, 0.1) is 11.3 Å². The van der Waals surface area contributed by atoms with Gasteiger partial charge in [0.05, 0.1) is 23.9 Å². The summed E-state index contributed by atoms with van der Waals surface area (Å²) in [5.41, 5.74) is 9.01. The molecule has 0 aliphatic heterocycles. The highest BCUT2D eigenvalue weighted by molar-refractivity contribution is 5.96. The first kappa shape index (κ1) is 15.6. The Morgan fingerprint density at radius 2 is 1.96 bits per heavy atom. The number of nitrogens with zero attached hydrogens (tertiary/aromatic N) is 2. The van der Waals surface area contributed by atoms with Crippen LogP contribution in [0.15, 0.2) is 42.5 Å². The van der Waals surface area contributed by atoms with Crippen LogP contribution in [0.3, 0.4) is 0 Å². The molecule has 3 rings (SSSR count). The number of carbonyl (C=O) groups is 1. The van der Waals surface area contributed by atoms with Crippen molar-refractivity contribution in [1.29, 1.82) is 5.26 Å². The van der Waals surface area contributed by atoms with Crippen LogP contribution in [0.2, 0.25) is 0 Å². The van der Waals surface area contributed by atoms with Gasteiger partial charge < -0.3 is 15.0 Å². The average Bonchev–Trinajstić information content (AvgIpc) is 2.94. The van der Waals surface area contributed by atoms with Crippen LogP contribution >= 0.6 is 0 Å². The molecule has 1 heterocycles. The van der Waals surface area contributed by atoms with Crippen molar-refractivity contribution in [2.75, 3.05) is 7.11 Å². The lowest BCUT2D eigenvalue weighted by Gasteiger charge is -2.09. The van der Waals surface area contributed by atoms with Crippen LogP contribution in [0.1, 0.15) is 22.8 Å². The van der Waals surface area contributed by atoms with Crippen molar-refractivity contribution in [3.63, 3.8) is 0 Å². The lowest BCUT2D eigenvalue weighted by atomic mass is 10.0. The van der Waals surface area contributed by atoms with E-state index in [0.29, 0.717) is 16.9 Å². The molecule has 2 N–H and O–H groups in total. The van der Waals surface area contributed by atoms with Crippen LogP contribution < -0.4 is 10.5 Å². The van der Waals surface area contributed by atoms with Gasteiger partial charge in [-0.25, -0.2) is 0 Å². The van der Waals surface area contributed by atoms with E-state index >= 15 is 0 Å². The molecule has 5 nitrogen and oxygen atoms in total. The molecule has 0 aliphatic rings. The van der Waals surface area contributed by atoms with Gasteiger partial charge >= 0.3 is 0 Å². The quantitative estimate of drug-likeness (QED) is 0.801. The maximum Gasteiger partial charge on any atom is 0.248 e. The molecule has 0 unspecified atom stereocenters. The minimum atomic E-state index is -0.470. The van der Waals surface area contributed by atoms with Gasteiger partial charge in [0.25, 0.3) is 0 Å². The Morgan fingerprint density at radius 3 is 2.50 bits per heavy atom. The standard InChI is InChI=1S/C19H17N3O2/c1-3-22-17-9-8-14(24-2)10-15(17)16(11-20)18(22)12-4-6-13(7-5-12)19(21)23/h4-10H,3H2,1-2H3,(H2,21,23). The summed E-state index contributed by atoms with van der Waals surface area (Å²) < 4.78 is 7.37. The molecule has 0 fully saturated rings. The van der Waals surface area contributed by atoms with Gasteiger partial charge in [-0.1, -0.05) is 12.1 Å². The Hall–Kier alpha value is -3.26. The maximum absolute atomic E-state index is 11.3. The predicted molar refractivity (Wildman–Crippen MR) is 92.8 cm³/mol. The Balaban J connectivity index is 2.30. The van der Waals surface area contributed by atoms with E-state index < -0.39 is 5.91 Å². The molecule has 0 atom stereocenters. The van der Waals surface area contributed by atoms with Crippen LogP contribution in [0.5, 0.6) is 5.75 Å². The van der Waals surface area contributed by atoms with E-state index in [4.69, 9.17) is 10.5 Å². The Bertz CT molecular complexity index is 963. The van der Waals surface area contributed by atoms with Crippen molar-refractivity contribution in [1.82, 2.24) is 4.57 Å². The number of primary amides is 1. The van der Waals surface area contributed by atoms with E-state index in [1.807, 2.05) is 37.3 Å². The summed E-state index contributed by atoms with van der Waals surface area (Å²) in [5.74, 6) is 0.241. The van der Waals surface area contributed by atoms with Crippen LogP contribution in [-0.4, -0.2) is 17.6 Å². The highest BCUT2D eigenvalue weighted by Crippen LogP contribution is 2.35. The lowest BCUT2D eigenvalue weighted by Crippen LogP contribution is -2.10. The van der Waals surface area contributed by atoms with Crippen molar-refractivity contribution in [3.05, 3.63) is 53.6 Å². The largest absolute Gasteiger partial charge is 0.497 e. The van der Waals surface area contributed by atoms with E-state index in [1.54, 1.807) is 19.2 Å². The minimum absolute atomic E-state index is 0.443. The molecule has 120 valence electrons. The number of nitrogens with two attached hydrogens (primary N) is 1. The first-order valence-corrected chi connectivity index (χ1v) is 7.61. The minimum Gasteiger partial charge on any atom is -0.497 e. The van der Waals surface area contributed by atoms with Gasteiger partial charge in [-0.3, -0.25) is 4.79 Å². The molecule has 3 aromatic rings. The smallest absolute Gasteiger partial charge is 0.248 e. The van der Waals surface area contributed by atoms with Crippen molar-refractivity contribution in [3.8, 4) is 23.1 Å². The van der Waals surface area contributed by atoms with E-state index in [-0.39, 0.29) is 0 Å². The number of fused-ring (bicyclic) bond motifs is 1. The number of carbonyl (C=O) groups excluding carboxylic acids is 1. The predicted octanol–water partition coefficient (Wildman–Crippen LogP) is 3.31. The number of hydrogen-bond donors (Lipinski definition) is 1. The number of aryl methyl sites for hydroxylation is 1. The second-order valence-corrected chi connectivity index (χ2v) is 5.40. The second-order valence-electron chi connectivity index (χ2n) is 5.40. The Kier molecular flexibility index (Phi) is 3.97. The van der Waals surface area contributed by atoms with Crippen molar-refractivity contribution >= 4 is 16.8 Å². The van der Waals surface area contributed by atoms with Crippen molar-refractivity contribution in [2.45, 2.75) is 13.5 Å². The third kappa shape index (κ3) is 2.38. The summed E-state index contributed by atoms with van der Waals surface area (Å²) in [6, 6.07) is 15.0. The topological polar surface area (TPSA) is 81.0 Å². The number of ether oxygens (including phenoxy) is 1. The zero-order valence-corrected chi connectivity index (χ0v) is 13.5. The van der Waals surface area contributed by atoms with E-state index in [1.165, 1.54) is 0 Å². The first-order chi connectivity index (χ1) is 11.6. The van der Waals surface area contributed by atoms with Crippen molar-refractivity contribution in [2.24, 2.45) is 5.73 Å².